The van der Waals surface area contributed by atoms with Gasteiger partial charge in [0.1, 0.15) is 6.07 Å². The van der Waals surface area contributed by atoms with Crippen LogP contribution in [0.2, 0.25) is 0 Å². The van der Waals surface area contributed by atoms with Crippen LogP contribution in [0.5, 0.6) is 0 Å². The van der Waals surface area contributed by atoms with Crippen molar-refractivity contribution in [2.24, 2.45) is 10.7 Å². The lowest BCUT2D eigenvalue weighted by Crippen LogP contribution is -2.30. The summed E-state index contributed by atoms with van der Waals surface area (Å²) in [5.74, 6) is 0. The second-order valence-electron chi connectivity index (χ2n) is 6.06. The highest BCUT2D eigenvalue weighted by Gasteiger charge is 2.28. The van der Waals surface area contributed by atoms with Gasteiger partial charge in [0.25, 0.3) is 0 Å². The van der Waals surface area contributed by atoms with Crippen LogP contribution in [0, 0.1) is 11.3 Å². The molecular formula is C20H12Br2N4. The lowest BCUT2D eigenvalue weighted by atomic mass is 9.96. The number of hydrogen-bond acceptors (Lipinski definition) is 4. The SMILES string of the molecule is N#Cc1cnc2ccc(C3(N)C=C(c4ccc(Br)c(Br)c4)C=N3)cc2c1. The Morgan fingerprint density at radius 3 is 2.65 bits per heavy atom. The van der Waals surface area contributed by atoms with Crippen LogP contribution >= 0.6 is 31.9 Å². The molecule has 0 saturated carbocycles. The number of benzene rings is 2. The molecule has 0 aliphatic carbocycles. The molecule has 126 valence electrons. The summed E-state index contributed by atoms with van der Waals surface area (Å²) >= 11 is 7.00. The van der Waals surface area contributed by atoms with Crippen molar-refractivity contribution in [1.29, 1.82) is 5.26 Å². The molecule has 0 bridgehead atoms. The van der Waals surface area contributed by atoms with E-state index in [1.807, 2.05) is 48.5 Å². The zero-order valence-electron chi connectivity index (χ0n) is 13.4. The molecule has 0 saturated heterocycles. The first-order valence-electron chi connectivity index (χ1n) is 7.81. The van der Waals surface area contributed by atoms with Gasteiger partial charge < -0.3 is 5.73 Å². The van der Waals surface area contributed by atoms with Crippen molar-refractivity contribution in [3.8, 4) is 6.07 Å². The molecule has 6 heteroatoms. The summed E-state index contributed by atoms with van der Waals surface area (Å²) in [5, 5.41) is 9.95. The van der Waals surface area contributed by atoms with E-state index in [-0.39, 0.29) is 0 Å². The zero-order valence-corrected chi connectivity index (χ0v) is 16.6. The minimum atomic E-state index is -0.939. The minimum Gasteiger partial charge on any atom is -0.300 e. The lowest BCUT2D eigenvalue weighted by Gasteiger charge is -2.19. The van der Waals surface area contributed by atoms with Crippen molar-refractivity contribution in [3.05, 3.63) is 80.4 Å². The van der Waals surface area contributed by atoms with Gasteiger partial charge in [-0.15, -0.1) is 0 Å². The average molecular weight is 468 g/mol. The number of rotatable bonds is 2. The van der Waals surface area contributed by atoms with E-state index in [0.29, 0.717) is 5.56 Å². The molecule has 0 radical (unpaired) electrons. The van der Waals surface area contributed by atoms with Gasteiger partial charge in [0.15, 0.2) is 5.66 Å². The largest absolute Gasteiger partial charge is 0.300 e. The summed E-state index contributed by atoms with van der Waals surface area (Å²) in [5.41, 5.74) is 9.80. The molecule has 3 aromatic rings. The van der Waals surface area contributed by atoms with Crippen LogP contribution < -0.4 is 5.73 Å². The lowest BCUT2D eigenvalue weighted by molar-refractivity contribution is 0.611. The fourth-order valence-electron chi connectivity index (χ4n) is 2.92. The Bertz CT molecular complexity index is 1140. The van der Waals surface area contributed by atoms with E-state index in [0.717, 1.165) is 36.5 Å². The van der Waals surface area contributed by atoms with E-state index in [9.17, 15) is 0 Å². The minimum absolute atomic E-state index is 0.520. The highest BCUT2D eigenvalue weighted by Crippen LogP contribution is 2.34. The smallest absolute Gasteiger partial charge is 0.153 e. The summed E-state index contributed by atoms with van der Waals surface area (Å²) in [4.78, 5) is 8.84. The summed E-state index contributed by atoms with van der Waals surface area (Å²) in [6.07, 6.45) is 5.31. The van der Waals surface area contributed by atoms with E-state index in [2.05, 4.69) is 47.9 Å². The number of nitrogens with two attached hydrogens (primary N) is 1. The summed E-state index contributed by atoms with van der Waals surface area (Å²) < 4.78 is 1.96. The standard InChI is InChI=1S/C20H12Br2N4/c21-17-3-1-13(7-18(17)22)15-8-20(24,26-11-15)16-2-4-19-14(6-16)5-12(9-23)10-25-19/h1-8,10-11H,24H2. The maximum Gasteiger partial charge on any atom is 0.153 e. The van der Waals surface area contributed by atoms with Gasteiger partial charge in [-0.1, -0.05) is 12.1 Å². The number of aliphatic imine (C=N–C) groups is 1. The molecule has 2 heterocycles. The van der Waals surface area contributed by atoms with Gasteiger partial charge in [0.05, 0.1) is 11.1 Å². The van der Waals surface area contributed by atoms with Crippen LogP contribution in [0.3, 0.4) is 0 Å². The fourth-order valence-corrected chi connectivity index (χ4v) is 3.55. The Morgan fingerprint density at radius 1 is 1.04 bits per heavy atom. The molecule has 0 spiro atoms. The quantitative estimate of drug-likeness (QED) is 0.581. The van der Waals surface area contributed by atoms with E-state index < -0.39 is 5.66 Å². The monoisotopic (exact) mass is 466 g/mol. The predicted octanol–water partition coefficient (Wildman–Crippen LogP) is 4.91. The molecule has 1 atom stereocenters. The van der Waals surface area contributed by atoms with Gasteiger partial charge in [0.2, 0.25) is 0 Å². The molecule has 2 aromatic carbocycles. The van der Waals surface area contributed by atoms with Crippen molar-refractivity contribution >= 4 is 54.6 Å². The number of hydrogen-bond donors (Lipinski definition) is 1. The average Bonchev–Trinajstić information content (AvgIpc) is 3.06. The van der Waals surface area contributed by atoms with Crippen molar-refractivity contribution in [3.63, 3.8) is 0 Å². The number of allylic oxidation sites excluding steroid dienone is 1. The van der Waals surface area contributed by atoms with Gasteiger partial charge >= 0.3 is 0 Å². The number of pyridine rings is 1. The van der Waals surface area contributed by atoms with E-state index in [1.165, 1.54) is 0 Å². The topological polar surface area (TPSA) is 75.1 Å². The van der Waals surface area contributed by atoms with Crippen molar-refractivity contribution in [2.45, 2.75) is 5.66 Å². The molecule has 0 amide bonds. The highest BCUT2D eigenvalue weighted by atomic mass is 79.9. The molecule has 1 aromatic heterocycles. The fraction of sp³-hybridized carbons (Fsp3) is 0.0500. The Kier molecular flexibility index (Phi) is 4.23. The van der Waals surface area contributed by atoms with E-state index >= 15 is 0 Å². The zero-order chi connectivity index (χ0) is 18.3. The first-order chi connectivity index (χ1) is 12.5. The van der Waals surface area contributed by atoms with Gasteiger partial charge in [-0.25, -0.2) is 0 Å². The van der Waals surface area contributed by atoms with Gasteiger partial charge in [-0.05, 0) is 85.0 Å². The van der Waals surface area contributed by atoms with Crippen LogP contribution in [-0.2, 0) is 5.66 Å². The highest BCUT2D eigenvalue weighted by molar-refractivity contribution is 9.13. The maximum atomic E-state index is 9.08. The summed E-state index contributed by atoms with van der Waals surface area (Å²) in [6.45, 7) is 0. The Morgan fingerprint density at radius 2 is 1.88 bits per heavy atom. The molecule has 1 aliphatic rings. The third kappa shape index (κ3) is 2.99. The Hall–Kier alpha value is -2.33. The maximum absolute atomic E-state index is 9.08. The first-order valence-corrected chi connectivity index (χ1v) is 9.40. The van der Waals surface area contributed by atoms with Crippen LogP contribution in [0.1, 0.15) is 16.7 Å². The normalized spacial score (nSPS) is 18.8. The van der Waals surface area contributed by atoms with Gasteiger partial charge in [-0.3, -0.25) is 9.98 Å². The molecule has 1 unspecified atom stereocenters. The molecule has 4 nitrogen and oxygen atoms in total. The van der Waals surface area contributed by atoms with Gasteiger partial charge in [-0.2, -0.15) is 5.26 Å². The van der Waals surface area contributed by atoms with E-state index in [1.54, 1.807) is 12.4 Å². The molecule has 4 rings (SSSR count). The van der Waals surface area contributed by atoms with Crippen LogP contribution in [-0.4, -0.2) is 11.2 Å². The number of fused-ring (bicyclic) bond motifs is 1. The van der Waals surface area contributed by atoms with Crippen LogP contribution in [0.25, 0.3) is 16.5 Å². The third-order valence-corrected chi connectivity index (χ3v) is 6.20. The molecular weight excluding hydrogens is 456 g/mol. The first kappa shape index (κ1) is 17.1. The van der Waals surface area contributed by atoms with E-state index in [4.69, 9.17) is 11.0 Å². The second kappa shape index (κ2) is 6.44. The molecule has 2 N–H and O–H groups in total. The van der Waals surface area contributed by atoms with Crippen LogP contribution in [0.4, 0.5) is 0 Å². The number of aromatic nitrogens is 1. The molecule has 1 aliphatic heterocycles. The summed E-state index contributed by atoms with van der Waals surface area (Å²) in [6, 6.07) is 15.7. The van der Waals surface area contributed by atoms with Crippen molar-refractivity contribution in [1.82, 2.24) is 4.98 Å². The second-order valence-corrected chi connectivity index (χ2v) is 7.76. The number of halogens is 2. The number of nitriles is 1. The summed E-state index contributed by atoms with van der Waals surface area (Å²) in [7, 11) is 0. The van der Waals surface area contributed by atoms with Gasteiger partial charge in [0, 0.05) is 26.7 Å². The Balaban J connectivity index is 1.76. The Labute approximate surface area is 167 Å². The van der Waals surface area contributed by atoms with Crippen molar-refractivity contribution < 1.29 is 0 Å². The number of nitrogens with zero attached hydrogens (tertiary/aromatic N) is 3. The predicted molar refractivity (Wildman–Crippen MR) is 111 cm³/mol. The molecule has 26 heavy (non-hydrogen) atoms. The van der Waals surface area contributed by atoms with Crippen molar-refractivity contribution in [2.75, 3.05) is 0 Å². The van der Waals surface area contributed by atoms with Crippen LogP contribution in [0.15, 0.2) is 68.7 Å². The third-order valence-electron chi connectivity index (χ3n) is 4.32. The molecule has 0 fully saturated rings.